The lowest BCUT2D eigenvalue weighted by Gasteiger charge is -2.22. The number of halogens is 2. The van der Waals surface area contributed by atoms with Crippen LogP contribution in [0.1, 0.15) is 24.2 Å². The van der Waals surface area contributed by atoms with Crippen LogP contribution in [0.15, 0.2) is 12.1 Å². The molecule has 0 heterocycles. The largest absolute Gasteiger partial charge is 0.396 e. The summed E-state index contributed by atoms with van der Waals surface area (Å²) in [6.07, 6.45) is 0. The SMILES string of the molecule is CC(C)(NC(=O)c1cc(F)cc(N)c1F)C(N)=O. The molecular formula is C11H13F2N3O2. The van der Waals surface area contributed by atoms with Gasteiger partial charge in [-0.2, -0.15) is 0 Å². The third-order valence-electron chi connectivity index (χ3n) is 2.35. The van der Waals surface area contributed by atoms with Gasteiger partial charge in [-0.25, -0.2) is 8.78 Å². The van der Waals surface area contributed by atoms with Gasteiger partial charge in [0, 0.05) is 0 Å². The van der Waals surface area contributed by atoms with Gasteiger partial charge in [-0.3, -0.25) is 9.59 Å². The van der Waals surface area contributed by atoms with Crippen LogP contribution in [0.2, 0.25) is 0 Å². The number of nitrogens with two attached hydrogens (primary N) is 2. The second kappa shape index (κ2) is 4.59. The lowest BCUT2D eigenvalue weighted by atomic mass is 10.0. The molecule has 0 atom stereocenters. The van der Waals surface area contributed by atoms with Crippen LogP contribution in [0.5, 0.6) is 0 Å². The van der Waals surface area contributed by atoms with Crippen LogP contribution in [-0.2, 0) is 4.79 Å². The molecule has 1 rings (SSSR count). The number of amides is 2. The van der Waals surface area contributed by atoms with Gasteiger partial charge in [0.25, 0.3) is 5.91 Å². The van der Waals surface area contributed by atoms with Gasteiger partial charge in [0.2, 0.25) is 5.91 Å². The number of nitrogen functional groups attached to an aromatic ring is 1. The molecule has 0 bridgehead atoms. The van der Waals surface area contributed by atoms with E-state index in [9.17, 15) is 18.4 Å². The lowest BCUT2D eigenvalue weighted by molar-refractivity contribution is -0.122. The van der Waals surface area contributed by atoms with E-state index in [4.69, 9.17) is 11.5 Å². The minimum absolute atomic E-state index is 0.489. The maximum atomic E-state index is 13.5. The zero-order chi connectivity index (χ0) is 14.1. The van der Waals surface area contributed by atoms with Gasteiger partial charge < -0.3 is 16.8 Å². The number of carbonyl (C=O) groups is 2. The van der Waals surface area contributed by atoms with E-state index in [1.54, 1.807) is 0 Å². The molecule has 0 spiro atoms. The van der Waals surface area contributed by atoms with Crippen molar-refractivity contribution in [2.75, 3.05) is 5.73 Å². The van der Waals surface area contributed by atoms with Crippen LogP contribution in [-0.4, -0.2) is 17.4 Å². The Morgan fingerprint density at radius 3 is 2.33 bits per heavy atom. The lowest BCUT2D eigenvalue weighted by Crippen LogP contribution is -2.53. The molecule has 98 valence electrons. The van der Waals surface area contributed by atoms with E-state index in [0.29, 0.717) is 6.07 Å². The number of nitrogens with one attached hydrogen (secondary N) is 1. The van der Waals surface area contributed by atoms with Crippen LogP contribution >= 0.6 is 0 Å². The van der Waals surface area contributed by atoms with E-state index in [0.717, 1.165) is 6.07 Å². The third kappa shape index (κ3) is 2.73. The number of hydrogen-bond acceptors (Lipinski definition) is 3. The predicted molar refractivity (Wildman–Crippen MR) is 61.5 cm³/mol. The summed E-state index contributed by atoms with van der Waals surface area (Å²) in [6.45, 7) is 2.68. The molecule has 0 aromatic heterocycles. The van der Waals surface area contributed by atoms with Crippen LogP contribution in [0.3, 0.4) is 0 Å². The number of hydrogen-bond donors (Lipinski definition) is 3. The highest BCUT2D eigenvalue weighted by Gasteiger charge is 2.28. The van der Waals surface area contributed by atoms with Gasteiger partial charge >= 0.3 is 0 Å². The summed E-state index contributed by atoms with van der Waals surface area (Å²) in [4.78, 5) is 22.7. The summed E-state index contributed by atoms with van der Waals surface area (Å²) in [6, 6.07) is 1.45. The molecule has 0 saturated carbocycles. The summed E-state index contributed by atoms with van der Waals surface area (Å²) in [5.74, 6) is -3.67. The maximum absolute atomic E-state index is 13.5. The fourth-order valence-corrected chi connectivity index (χ4v) is 1.19. The summed E-state index contributed by atoms with van der Waals surface area (Å²) >= 11 is 0. The number of anilines is 1. The minimum atomic E-state index is -1.38. The van der Waals surface area contributed by atoms with Crippen molar-refractivity contribution in [2.45, 2.75) is 19.4 Å². The van der Waals surface area contributed by atoms with Gasteiger partial charge in [-0.05, 0) is 26.0 Å². The zero-order valence-electron chi connectivity index (χ0n) is 9.88. The molecule has 0 fully saturated rings. The smallest absolute Gasteiger partial charge is 0.255 e. The summed E-state index contributed by atoms with van der Waals surface area (Å²) in [5, 5.41) is 2.19. The Balaban J connectivity index is 3.09. The maximum Gasteiger partial charge on any atom is 0.255 e. The van der Waals surface area contributed by atoms with E-state index in [2.05, 4.69) is 5.32 Å². The fourth-order valence-electron chi connectivity index (χ4n) is 1.19. The van der Waals surface area contributed by atoms with Gasteiger partial charge in [0.05, 0.1) is 11.3 Å². The van der Waals surface area contributed by atoms with Crippen molar-refractivity contribution < 1.29 is 18.4 Å². The number of rotatable bonds is 3. The quantitative estimate of drug-likeness (QED) is 0.689. The molecule has 0 aliphatic rings. The van der Waals surface area contributed by atoms with Crippen LogP contribution in [0, 0.1) is 11.6 Å². The molecule has 0 aliphatic carbocycles. The number of benzene rings is 1. The van der Waals surface area contributed by atoms with Crippen molar-refractivity contribution >= 4 is 17.5 Å². The molecule has 0 radical (unpaired) electrons. The minimum Gasteiger partial charge on any atom is -0.396 e. The summed E-state index contributed by atoms with van der Waals surface area (Å²) in [7, 11) is 0. The highest BCUT2D eigenvalue weighted by atomic mass is 19.1. The van der Waals surface area contributed by atoms with E-state index < -0.39 is 40.2 Å². The van der Waals surface area contributed by atoms with Crippen LogP contribution in [0.4, 0.5) is 14.5 Å². The first kappa shape index (κ1) is 13.9. The predicted octanol–water partition coefficient (Wildman–Crippen LogP) is 0.541. The highest BCUT2D eigenvalue weighted by molar-refractivity contribution is 5.99. The Bertz CT molecular complexity index is 515. The average molecular weight is 257 g/mol. The molecule has 0 unspecified atom stereocenters. The van der Waals surface area contributed by atoms with Crippen molar-refractivity contribution in [3.63, 3.8) is 0 Å². The van der Waals surface area contributed by atoms with E-state index in [1.807, 2.05) is 0 Å². The Hall–Kier alpha value is -2.18. The zero-order valence-corrected chi connectivity index (χ0v) is 9.88. The standard InChI is InChI=1S/C11H13F2N3O2/c1-11(2,10(15)18)16-9(17)6-3-5(12)4-7(14)8(6)13/h3-4H,14H2,1-2H3,(H2,15,18)(H,16,17). The van der Waals surface area contributed by atoms with Gasteiger partial charge in [-0.1, -0.05) is 0 Å². The fraction of sp³-hybridized carbons (Fsp3) is 0.273. The summed E-state index contributed by atoms with van der Waals surface area (Å²) < 4.78 is 26.6. The van der Waals surface area contributed by atoms with E-state index >= 15 is 0 Å². The molecule has 0 aliphatic heterocycles. The Labute approximate surface area is 102 Å². The second-order valence-electron chi connectivity index (χ2n) is 4.30. The highest BCUT2D eigenvalue weighted by Crippen LogP contribution is 2.18. The van der Waals surface area contributed by atoms with Crippen molar-refractivity contribution in [3.05, 3.63) is 29.3 Å². The van der Waals surface area contributed by atoms with Crippen molar-refractivity contribution in [3.8, 4) is 0 Å². The molecule has 18 heavy (non-hydrogen) atoms. The van der Waals surface area contributed by atoms with Gasteiger partial charge in [-0.15, -0.1) is 0 Å². The first-order valence-corrected chi connectivity index (χ1v) is 5.02. The number of carbonyl (C=O) groups excluding carboxylic acids is 2. The monoisotopic (exact) mass is 257 g/mol. The van der Waals surface area contributed by atoms with Crippen LogP contribution < -0.4 is 16.8 Å². The van der Waals surface area contributed by atoms with Crippen molar-refractivity contribution in [1.29, 1.82) is 0 Å². The normalized spacial score (nSPS) is 11.1. The number of primary amides is 1. The van der Waals surface area contributed by atoms with Crippen LogP contribution in [0.25, 0.3) is 0 Å². The molecule has 5 N–H and O–H groups in total. The molecule has 1 aromatic carbocycles. The Kier molecular flexibility index (Phi) is 3.54. The first-order valence-electron chi connectivity index (χ1n) is 5.02. The molecule has 2 amide bonds. The van der Waals surface area contributed by atoms with E-state index in [1.165, 1.54) is 13.8 Å². The first-order chi connectivity index (χ1) is 8.15. The van der Waals surface area contributed by atoms with Gasteiger partial charge in [0.15, 0.2) is 5.82 Å². The Morgan fingerprint density at radius 1 is 1.28 bits per heavy atom. The molecule has 7 heteroatoms. The molecule has 1 aromatic rings. The van der Waals surface area contributed by atoms with Crippen molar-refractivity contribution in [1.82, 2.24) is 5.32 Å². The second-order valence-corrected chi connectivity index (χ2v) is 4.30. The average Bonchev–Trinajstić information content (AvgIpc) is 2.22. The third-order valence-corrected chi connectivity index (χ3v) is 2.35. The molecular weight excluding hydrogens is 244 g/mol. The Morgan fingerprint density at radius 2 is 1.83 bits per heavy atom. The molecule has 0 saturated heterocycles. The summed E-state index contributed by atoms with van der Waals surface area (Å²) in [5.41, 5.74) is 7.79. The topological polar surface area (TPSA) is 98.2 Å². The van der Waals surface area contributed by atoms with Gasteiger partial charge in [0.1, 0.15) is 11.4 Å². The van der Waals surface area contributed by atoms with E-state index in [-0.39, 0.29) is 0 Å². The molecule has 5 nitrogen and oxygen atoms in total. The van der Waals surface area contributed by atoms with Crippen molar-refractivity contribution in [2.24, 2.45) is 5.73 Å².